The lowest BCUT2D eigenvalue weighted by atomic mass is 9.91. The quantitative estimate of drug-likeness (QED) is 0.381. The number of carbonyl (C=O) groups is 2. The fourth-order valence-corrected chi connectivity index (χ4v) is 5.75. The summed E-state index contributed by atoms with van der Waals surface area (Å²) in [5, 5.41) is 9.66. The van der Waals surface area contributed by atoms with Crippen molar-refractivity contribution in [2.24, 2.45) is 0 Å². The van der Waals surface area contributed by atoms with E-state index in [1.807, 2.05) is 6.07 Å². The third-order valence-electron chi connectivity index (χ3n) is 6.97. The number of benzene rings is 1. The summed E-state index contributed by atoms with van der Waals surface area (Å²) in [6, 6.07) is 5.22. The zero-order valence-electron chi connectivity index (χ0n) is 20.7. The maximum Gasteiger partial charge on any atom is 0.342 e. The predicted octanol–water partition coefficient (Wildman–Crippen LogP) is 4.40. The smallest absolute Gasteiger partial charge is 0.342 e. The summed E-state index contributed by atoms with van der Waals surface area (Å²) < 4.78 is 24.3. The van der Waals surface area contributed by atoms with Crippen LogP contribution in [-0.2, 0) is 25.1 Å². The molecule has 0 saturated carbocycles. The van der Waals surface area contributed by atoms with Gasteiger partial charge in [0.2, 0.25) is 0 Å². The van der Waals surface area contributed by atoms with Crippen LogP contribution in [0.2, 0.25) is 18.1 Å². The van der Waals surface area contributed by atoms with Gasteiger partial charge in [0.1, 0.15) is 17.4 Å². The van der Waals surface area contributed by atoms with Crippen LogP contribution in [-0.4, -0.2) is 56.4 Å². The van der Waals surface area contributed by atoms with E-state index >= 15 is 0 Å². The van der Waals surface area contributed by atoms with Crippen molar-refractivity contribution in [1.82, 2.24) is 0 Å². The van der Waals surface area contributed by atoms with Crippen molar-refractivity contribution in [2.75, 3.05) is 6.61 Å². The van der Waals surface area contributed by atoms with Crippen molar-refractivity contribution in [2.45, 2.75) is 102 Å². The van der Waals surface area contributed by atoms with E-state index in [1.165, 1.54) is 6.92 Å². The van der Waals surface area contributed by atoms with Crippen LogP contribution in [0.15, 0.2) is 18.2 Å². The molecular weight excluding hydrogens is 440 g/mol. The molecule has 33 heavy (non-hydrogen) atoms. The molecule has 4 atom stereocenters. The Morgan fingerprint density at radius 1 is 1.18 bits per heavy atom. The lowest BCUT2D eigenvalue weighted by Crippen LogP contribution is -2.48. The van der Waals surface area contributed by atoms with Crippen LogP contribution >= 0.6 is 0 Å². The monoisotopic (exact) mass is 478 g/mol. The molecule has 7 nitrogen and oxygen atoms in total. The molecule has 8 heteroatoms. The maximum absolute atomic E-state index is 13.1. The van der Waals surface area contributed by atoms with Gasteiger partial charge in [-0.15, -0.1) is 0 Å². The molecule has 0 amide bonds. The second-order valence-electron chi connectivity index (χ2n) is 10.7. The lowest BCUT2D eigenvalue weighted by Gasteiger charge is -2.44. The van der Waals surface area contributed by atoms with Crippen molar-refractivity contribution >= 4 is 20.3 Å². The van der Waals surface area contributed by atoms with E-state index in [-0.39, 0.29) is 41.3 Å². The molecule has 0 spiro atoms. The van der Waals surface area contributed by atoms with Crippen LogP contribution in [0.5, 0.6) is 5.75 Å². The standard InChI is InChI=1S/C25H38O7Si/c1-16(27)29-22-9-7-8-17-12-19-14-21(32-33(5,6)25(2,3)4)15-20(30-19)13-18(10-11-26)31-24(28)23(17)22/h7-9,18-21,26H,10-15H2,1-6H3/t18-,19-,20-,21-/m0/s1. The first-order chi connectivity index (χ1) is 15.4. The van der Waals surface area contributed by atoms with E-state index in [4.69, 9.17) is 18.6 Å². The molecule has 0 aliphatic carbocycles. The lowest BCUT2D eigenvalue weighted by molar-refractivity contribution is -0.131. The number of carbonyl (C=O) groups excluding carboxylic acids is 2. The normalized spacial score (nSPS) is 26.2. The van der Waals surface area contributed by atoms with Crippen molar-refractivity contribution in [3.8, 4) is 5.75 Å². The number of ether oxygens (including phenoxy) is 3. The average molecular weight is 479 g/mol. The molecule has 2 heterocycles. The summed E-state index contributed by atoms with van der Waals surface area (Å²) in [5.41, 5.74) is 0.977. The van der Waals surface area contributed by atoms with E-state index in [0.717, 1.165) is 18.4 Å². The van der Waals surface area contributed by atoms with Gasteiger partial charge in [-0.25, -0.2) is 4.79 Å². The van der Waals surface area contributed by atoms with Crippen LogP contribution in [0.3, 0.4) is 0 Å². The van der Waals surface area contributed by atoms with Gasteiger partial charge in [0, 0.05) is 32.5 Å². The van der Waals surface area contributed by atoms with Gasteiger partial charge < -0.3 is 23.7 Å². The summed E-state index contributed by atoms with van der Waals surface area (Å²) in [6.07, 6.45) is 2.07. The largest absolute Gasteiger partial charge is 0.458 e. The first-order valence-corrected chi connectivity index (χ1v) is 14.8. The second-order valence-corrected chi connectivity index (χ2v) is 15.5. The van der Waals surface area contributed by atoms with Crippen molar-refractivity contribution in [3.05, 3.63) is 29.3 Å². The molecule has 184 valence electrons. The topological polar surface area (TPSA) is 91.3 Å². The first kappa shape index (κ1) is 25.9. The van der Waals surface area contributed by atoms with Crippen molar-refractivity contribution in [1.29, 1.82) is 0 Å². The molecule has 0 aromatic heterocycles. The molecule has 2 bridgehead atoms. The number of aliphatic hydroxyl groups excluding tert-OH is 1. The minimum Gasteiger partial charge on any atom is -0.458 e. The minimum absolute atomic E-state index is 0.0552. The SMILES string of the molecule is CC(=O)Oc1cccc2c1C(=O)O[C@@H](CCO)C[C@H]1C[C@@H](O[Si](C)(C)C(C)(C)C)C[C@H](C2)O1. The fraction of sp³-hybridized carbons (Fsp3) is 0.680. The zero-order chi connectivity index (χ0) is 24.4. The van der Waals surface area contributed by atoms with Gasteiger partial charge in [0.15, 0.2) is 8.32 Å². The number of hydrogen-bond donors (Lipinski definition) is 1. The molecule has 0 radical (unpaired) electrons. The van der Waals surface area contributed by atoms with Gasteiger partial charge >= 0.3 is 11.9 Å². The predicted molar refractivity (Wildman–Crippen MR) is 127 cm³/mol. The highest BCUT2D eigenvalue weighted by Crippen LogP contribution is 2.40. The van der Waals surface area contributed by atoms with Gasteiger partial charge in [-0.1, -0.05) is 32.9 Å². The number of esters is 2. The first-order valence-electron chi connectivity index (χ1n) is 11.8. The van der Waals surface area contributed by atoms with Gasteiger partial charge in [-0.3, -0.25) is 4.79 Å². The van der Waals surface area contributed by atoms with Crippen LogP contribution in [0.4, 0.5) is 0 Å². The molecule has 2 aliphatic rings. The number of rotatable bonds is 5. The van der Waals surface area contributed by atoms with Crippen molar-refractivity contribution < 1.29 is 33.3 Å². The van der Waals surface area contributed by atoms with Crippen LogP contribution < -0.4 is 4.74 Å². The number of cyclic esters (lactones) is 1. The molecule has 0 unspecified atom stereocenters. The summed E-state index contributed by atoms with van der Waals surface area (Å²) >= 11 is 0. The second kappa shape index (κ2) is 10.3. The Labute approximate surface area is 197 Å². The molecule has 1 fully saturated rings. The Kier molecular flexibility index (Phi) is 8.04. The maximum atomic E-state index is 13.1. The molecule has 1 aromatic carbocycles. The Hall–Kier alpha value is -1.74. The summed E-state index contributed by atoms with van der Waals surface area (Å²) in [7, 11) is -1.97. The Bertz CT molecular complexity index is 861. The average Bonchev–Trinajstić information content (AvgIpc) is 2.65. The van der Waals surface area contributed by atoms with Crippen LogP contribution in [0.25, 0.3) is 0 Å². The minimum atomic E-state index is -1.97. The van der Waals surface area contributed by atoms with Crippen LogP contribution in [0.1, 0.15) is 69.3 Å². The number of aliphatic hydroxyl groups is 1. The van der Waals surface area contributed by atoms with Gasteiger partial charge in [0.25, 0.3) is 0 Å². The third kappa shape index (κ3) is 6.44. The van der Waals surface area contributed by atoms with Crippen LogP contribution in [0, 0.1) is 0 Å². The molecule has 1 N–H and O–H groups in total. The van der Waals surface area contributed by atoms with E-state index in [0.29, 0.717) is 19.3 Å². The molecular formula is C25H38O7Si. The van der Waals surface area contributed by atoms with E-state index in [9.17, 15) is 14.7 Å². The molecule has 1 saturated heterocycles. The Morgan fingerprint density at radius 3 is 2.52 bits per heavy atom. The highest BCUT2D eigenvalue weighted by atomic mass is 28.4. The number of hydrogen-bond acceptors (Lipinski definition) is 7. The summed E-state index contributed by atoms with van der Waals surface area (Å²) in [6.45, 7) is 12.4. The van der Waals surface area contributed by atoms with Gasteiger partial charge in [-0.2, -0.15) is 0 Å². The van der Waals surface area contributed by atoms with E-state index in [1.54, 1.807) is 12.1 Å². The number of fused-ring (bicyclic) bond motifs is 3. The molecule has 1 aromatic rings. The van der Waals surface area contributed by atoms with E-state index in [2.05, 4.69) is 33.9 Å². The Morgan fingerprint density at radius 2 is 1.88 bits per heavy atom. The zero-order valence-corrected chi connectivity index (χ0v) is 21.7. The molecule has 3 rings (SSSR count). The van der Waals surface area contributed by atoms with E-state index < -0.39 is 26.4 Å². The van der Waals surface area contributed by atoms with Crippen molar-refractivity contribution in [3.63, 3.8) is 0 Å². The summed E-state index contributed by atoms with van der Waals surface area (Å²) in [4.78, 5) is 24.8. The highest BCUT2D eigenvalue weighted by molar-refractivity contribution is 6.74. The summed E-state index contributed by atoms with van der Waals surface area (Å²) in [5.74, 6) is -0.846. The highest BCUT2D eigenvalue weighted by Gasteiger charge is 2.42. The third-order valence-corrected chi connectivity index (χ3v) is 11.5. The molecule has 2 aliphatic heterocycles. The fourth-order valence-electron chi connectivity index (χ4n) is 4.37. The Balaban J connectivity index is 1.95. The van der Waals surface area contributed by atoms with Gasteiger partial charge in [-0.05, 0) is 49.0 Å². The van der Waals surface area contributed by atoms with Gasteiger partial charge in [0.05, 0.1) is 12.2 Å².